The lowest BCUT2D eigenvalue weighted by Crippen LogP contribution is -3.01. The van der Waals surface area contributed by atoms with Crippen LogP contribution in [0.25, 0.3) is 0 Å². The lowest BCUT2D eigenvalue weighted by atomic mass is 10.0. The van der Waals surface area contributed by atoms with Gasteiger partial charge in [0, 0.05) is 12.1 Å². The van der Waals surface area contributed by atoms with Crippen molar-refractivity contribution in [2.24, 2.45) is 0 Å². The summed E-state index contributed by atoms with van der Waals surface area (Å²) in [5.74, 6) is 0. The highest BCUT2D eigenvalue weighted by atomic mass is 16.1. The van der Waals surface area contributed by atoms with Crippen LogP contribution in [-0.4, -0.2) is 35.9 Å². The molecule has 1 aromatic carbocycles. The average Bonchev–Trinajstić information content (AvgIpc) is 2.18. The Balaban J connectivity index is 1.77. The van der Waals surface area contributed by atoms with E-state index in [2.05, 4.69) is 40.5 Å². The molecule has 3 aliphatic heterocycles. The van der Waals surface area contributed by atoms with Crippen LogP contribution in [0.2, 0.25) is 0 Å². The summed E-state index contributed by atoms with van der Waals surface area (Å²) in [7, 11) is 0. The third-order valence-electron chi connectivity index (χ3n) is 3.58. The fourth-order valence-corrected chi connectivity index (χ4v) is 3.02. The number of hydrogen-bond acceptors (Lipinski definition) is 2. The highest BCUT2D eigenvalue weighted by molar-refractivity contribution is 5.46. The van der Waals surface area contributed by atoms with E-state index >= 15 is 0 Å². The van der Waals surface area contributed by atoms with Crippen LogP contribution in [0.4, 0.5) is 5.69 Å². The fraction of sp³-hybridized carbons (Fsp3) is 0.400. The second-order valence-electron chi connectivity index (χ2n) is 4.25. The van der Waals surface area contributed by atoms with Gasteiger partial charge >= 0.3 is 0 Å². The van der Waals surface area contributed by atoms with Gasteiger partial charge in [-0.2, -0.15) is 4.59 Å². The number of rotatable bonds is 1. The predicted octanol–water partition coefficient (Wildman–Crippen LogP) is 0.795. The van der Waals surface area contributed by atoms with E-state index < -0.39 is 0 Å². The zero-order valence-electron chi connectivity index (χ0n) is 7.43. The topological polar surface area (TPSA) is 6.48 Å². The van der Waals surface area contributed by atoms with Gasteiger partial charge in [-0.3, -0.25) is 0 Å². The molecule has 0 amide bonds. The molecule has 0 N–H and O–H groups in total. The minimum atomic E-state index is 0.856. The van der Waals surface area contributed by atoms with Gasteiger partial charge in [0.05, 0.1) is 6.54 Å². The van der Waals surface area contributed by atoms with Gasteiger partial charge in [-0.1, -0.05) is 23.3 Å². The summed E-state index contributed by atoms with van der Waals surface area (Å²) in [5.41, 5.74) is 1.45. The maximum absolute atomic E-state index is 2.50. The van der Waals surface area contributed by atoms with Crippen molar-refractivity contribution >= 4 is 5.69 Å². The normalized spacial score (nSPS) is 41.4. The van der Waals surface area contributed by atoms with E-state index in [-0.39, 0.29) is 0 Å². The molecule has 3 heterocycles. The summed E-state index contributed by atoms with van der Waals surface area (Å²) in [6.07, 6.45) is 0. The van der Waals surface area contributed by atoms with Crippen molar-refractivity contribution in [2.45, 2.75) is 6.04 Å². The van der Waals surface area contributed by atoms with E-state index in [9.17, 15) is 0 Å². The third-order valence-corrected chi connectivity index (χ3v) is 3.58. The maximum atomic E-state index is 2.50. The second-order valence-corrected chi connectivity index (χ2v) is 4.25. The zero-order valence-corrected chi connectivity index (χ0v) is 7.43. The molecule has 0 saturated carbocycles. The molecule has 0 bridgehead atoms. The molecule has 3 fully saturated rings. The molecule has 2 atom stereocenters. The van der Waals surface area contributed by atoms with Crippen molar-refractivity contribution in [3.63, 3.8) is 0 Å². The number of nitrogens with zero attached hydrogens (tertiary/aromatic N) is 3. The van der Waals surface area contributed by atoms with Crippen molar-refractivity contribution in [3.05, 3.63) is 30.3 Å². The molecule has 3 heteroatoms. The van der Waals surface area contributed by atoms with Gasteiger partial charge in [-0.25, -0.2) is 0 Å². The predicted molar refractivity (Wildman–Crippen MR) is 50.3 cm³/mol. The number of quaternary nitrogens is 1. The van der Waals surface area contributed by atoms with E-state index in [0.717, 1.165) is 10.6 Å². The van der Waals surface area contributed by atoms with Crippen molar-refractivity contribution in [1.29, 1.82) is 0 Å². The first kappa shape index (κ1) is 6.54. The van der Waals surface area contributed by atoms with Gasteiger partial charge in [0.15, 0.2) is 12.4 Å². The molecule has 0 aliphatic carbocycles. The summed E-state index contributed by atoms with van der Waals surface area (Å²) < 4.78 is 1.10. The molecule has 3 saturated heterocycles. The van der Waals surface area contributed by atoms with Gasteiger partial charge in [0.1, 0.15) is 12.6 Å². The minimum absolute atomic E-state index is 0.856. The third kappa shape index (κ3) is 0.544. The van der Waals surface area contributed by atoms with E-state index in [4.69, 9.17) is 0 Å². The van der Waals surface area contributed by atoms with Crippen LogP contribution in [-0.2, 0) is 0 Å². The van der Waals surface area contributed by atoms with Gasteiger partial charge < -0.3 is 0 Å². The number of hydrogen-bond donors (Lipinski definition) is 0. The highest BCUT2D eigenvalue weighted by Gasteiger charge is 2.73. The van der Waals surface area contributed by atoms with Crippen LogP contribution >= 0.6 is 0 Å². The van der Waals surface area contributed by atoms with Gasteiger partial charge in [-0.05, 0) is 0 Å². The molecule has 2 unspecified atom stereocenters. The summed E-state index contributed by atoms with van der Waals surface area (Å²) in [4.78, 5) is 0. The lowest BCUT2D eigenvalue weighted by Gasteiger charge is -2.75. The van der Waals surface area contributed by atoms with E-state index in [1.54, 1.807) is 0 Å². The SMILES string of the molecule is c1ccc([N+]23CC4CN(C2)N43)cc1. The molecular formula is C10H12N3+. The van der Waals surface area contributed by atoms with Crippen LogP contribution in [0.15, 0.2) is 30.3 Å². The quantitative estimate of drug-likeness (QED) is 0.581. The molecule has 3 nitrogen and oxygen atoms in total. The fourth-order valence-electron chi connectivity index (χ4n) is 3.02. The monoisotopic (exact) mass is 174 g/mol. The van der Waals surface area contributed by atoms with Crippen molar-refractivity contribution in [3.8, 4) is 0 Å². The second kappa shape index (κ2) is 1.80. The molecule has 4 rings (SSSR count). The Bertz CT molecular complexity index is 350. The number of para-hydroxylation sites is 1. The molecule has 3 aliphatic rings. The van der Waals surface area contributed by atoms with Crippen LogP contribution in [0.5, 0.6) is 0 Å². The standard InChI is InChI=1S/C10H12N3/c1-2-4-10(5-3-1)13-7-9-6-11(8-13)12(9)13/h1-5,9H,6-8H2/q+1. The van der Waals surface area contributed by atoms with Crippen molar-refractivity contribution in [2.75, 3.05) is 19.8 Å². The van der Waals surface area contributed by atoms with Crippen molar-refractivity contribution < 1.29 is 0 Å². The van der Waals surface area contributed by atoms with E-state index in [1.165, 1.54) is 25.4 Å². The first-order valence-electron chi connectivity index (χ1n) is 4.87. The van der Waals surface area contributed by atoms with Crippen LogP contribution < -0.4 is 4.59 Å². The molecule has 0 aromatic heterocycles. The van der Waals surface area contributed by atoms with Gasteiger partial charge in [0.2, 0.25) is 0 Å². The Labute approximate surface area is 77.3 Å². The Morgan fingerprint density at radius 3 is 2.62 bits per heavy atom. The molecule has 66 valence electrons. The van der Waals surface area contributed by atoms with E-state index in [0.29, 0.717) is 0 Å². The molecule has 0 spiro atoms. The van der Waals surface area contributed by atoms with Crippen LogP contribution in [0, 0.1) is 0 Å². The molecule has 13 heavy (non-hydrogen) atoms. The van der Waals surface area contributed by atoms with Gasteiger partial charge in [-0.15, -0.1) is 5.01 Å². The summed E-state index contributed by atoms with van der Waals surface area (Å²) >= 11 is 0. The Morgan fingerprint density at radius 2 is 2.08 bits per heavy atom. The summed E-state index contributed by atoms with van der Waals surface area (Å²) in [6, 6.07) is 11.7. The van der Waals surface area contributed by atoms with E-state index in [1.807, 2.05) is 0 Å². The Hall–Kier alpha value is -0.900. The first-order valence-corrected chi connectivity index (χ1v) is 4.87. The summed E-state index contributed by atoms with van der Waals surface area (Å²) in [5, 5.41) is 4.93. The lowest BCUT2D eigenvalue weighted by molar-refractivity contribution is -0.458. The minimum Gasteiger partial charge on any atom is -0.181 e. The van der Waals surface area contributed by atoms with Gasteiger partial charge in [0.25, 0.3) is 0 Å². The highest BCUT2D eigenvalue weighted by Crippen LogP contribution is 2.50. The number of benzene rings is 1. The summed E-state index contributed by atoms with van der Waals surface area (Å²) in [6.45, 7) is 3.81. The number of hydrazine groups is 1. The largest absolute Gasteiger partial charge is 0.181 e. The first-order chi connectivity index (χ1) is 6.40. The van der Waals surface area contributed by atoms with Crippen molar-refractivity contribution in [1.82, 2.24) is 14.7 Å². The molecule has 1 aromatic rings. The average molecular weight is 174 g/mol. The van der Waals surface area contributed by atoms with Crippen LogP contribution in [0.1, 0.15) is 0 Å². The Morgan fingerprint density at radius 1 is 1.23 bits per heavy atom. The maximum Gasteiger partial charge on any atom is 0.176 e. The molecular weight excluding hydrogens is 162 g/mol. The zero-order chi connectivity index (χ0) is 8.47. The molecule has 0 radical (unpaired) electrons. The van der Waals surface area contributed by atoms with Crippen LogP contribution in [0.3, 0.4) is 0 Å². The Kier molecular flexibility index (Phi) is 0.904. The smallest absolute Gasteiger partial charge is 0.176 e.